The lowest BCUT2D eigenvalue weighted by Gasteiger charge is -2.18. The number of hydrogen-bond acceptors (Lipinski definition) is 4. The van der Waals surface area contributed by atoms with Gasteiger partial charge in [-0.25, -0.2) is 4.79 Å². The Bertz CT molecular complexity index is 600. The number of halogens is 2. The topological polar surface area (TPSA) is 38.3 Å². The number of thiophene rings is 1. The van der Waals surface area contributed by atoms with Crippen molar-refractivity contribution in [2.24, 2.45) is 0 Å². The third kappa shape index (κ3) is 3.84. The van der Waals surface area contributed by atoms with E-state index >= 15 is 0 Å². The minimum atomic E-state index is -0.509. The van der Waals surface area contributed by atoms with Gasteiger partial charge in [0.25, 0.3) is 0 Å². The number of hydrogen-bond donors (Lipinski definition) is 1. The summed E-state index contributed by atoms with van der Waals surface area (Å²) in [6.07, 6.45) is 0. The number of carbonyl (C=O) groups excluding carboxylic acids is 1. The van der Waals surface area contributed by atoms with Crippen molar-refractivity contribution >= 4 is 54.9 Å². The summed E-state index contributed by atoms with van der Waals surface area (Å²) in [5.41, 5.74) is 0.857. The highest BCUT2D eigenvalue weighted by Crippen LogP contribution is 2.32. The van der Waals surface area contributed by atoms with Crippen LogP contribution in [0.3, 0.4) is 0 Å². The number of esters is 1. The van der Waals surface area contributed by atoms with E-state index < -0.39 is 6.04 Å². The number of para-hydroxylation sites is 1. The first kappa shape index (κ1) is 15.5. The number of anilines is 1. The molecule has 1 unspecified atom stereocenters. The van der Waals surface area contributed by atoms with Gasteiger partial charge in [0.05, 0.1) is 10.4 Å². The van der Waals surface area contributed by atoms with Crippen molar-refractivity contribution in [3.05, 3.63) is 49.5 Å². The van der Waals surface area contributed by atoms with E-state index in [0.29, 0.717) is 6.61 Å². The van der Waals surface area contributed by atoms with Gasteiger partial charge in [0.2, 0.25) is 0 Å². The first-order chi connectivity index (χ1) is 9.61. The summed E-state index contributed by atoms with van der Waals surface area (Å²) in [7, 11) is 0. The van der Waals surface area contributed by atoms with Gasteiger partial charge in [-0.05, 0) is 63.0 Å². The van der Waals surface area contributed by atoms with Gasteiger partial charge in [-0.2, -0.15) is 0 Å². The normalized spacial score (nSPS) is 11.9. The van der Waals surface area contributed by atoms with Gasteiger partial charge in [-0.1, -0.05) is 12.1 Å². The van der Waals surface area contributed by atoms with E-state index in [-0.39, 0.29) is 5.97 Å². The van der Waals surface area contributed by atoms with E-state index in [1.54, 1.807) is 6.92 Å². The predicted molar refractivity (Wildman–Crippen MR) is 89.2 cm³/mol. The fraction of sp³-hybridized carbons (Fsp3) is 0.214. The van der Waals surface area contributed by atoms with Crippen LogP contribution in [0.25, 0.3) is 0 Å². The molecule has 0 aliphatic heterocycles. The molecule has 2 rings (SSSR count). The Balaban J connectivity index is 2.27. The van der Waals surface area contributed by atoms with Crippen LogP contribution >= 0.6 is 43.2 Å². The van der Waals surface area contributed by atoms with Crippen LogP contribution in [-0.2, 0) is 9.53 Å². The molecule has 6 heteroatoms. The van der Waals surface area contributed by atoms with Crippen LogP contribution in [0.15, 0.2) is 44.7 Å². The molecule has 1 atom stereocenters. The average Bonchev–Trinajstić information content (AvgIpc) is 2.84. The molecule has 0 aliphatic rings. The highest BCUT2D eigenvalue weighted by atomic mass is 79.9. The largest absolute Gasteiger partial charge is 0.464 e. The van der Waals surface area contributed by atoms with E-state index in [2.05, 4.69) is 37.2 Å². The summed E-state index contributed by atoms with van der Waals surface area (Å²) >= 11 is 8.40. The fourth-order valence-electron chi connectivity index (χ4n) is 1.69. The molecule has 1 aromatic carbocycles. The average molecular weight is 419 g/mol. The van der Waals surface area contributed by atoms with Crippen molar-refractivity contribution in [3.8, 4) is 0 Å². The number of ether oxygens (including phenoxy) is 1. The van der Waals surface area contributed by atoms with E-state index in [1.165, 1.54) is 11.3 Å². The highest BCUT2D eigenvalue weighted by molar-refractivity contribution is 9.11. The van der Waals surface area contributed by atoms with Crippen LogP contribution in [0.4, 0.5) is 5.69 Å². The maximum absolute atomic E-state index is 12.2. The molecule has 0 radical (unpaired) electrons. The molecular formula is C14H13Br2NO2S. The van der Waals surface area contributed by atoms with Crippen LogP contribution in [0, 0.1) is 0 Å². The SMILES string of the molecule is CCOC(=O)C(Nc1ccccc1Br)c1ccc(Br)s1. The quantitative estimate of drug-likeness (QED) is 0.695. The summed E-state index contributed by atoms with van der Waals surface area (Å²) in [6.45, 7) is 2.16. The molecule has 0 amide bonds. The van der Waals surface area contributed by atoms with Crippen LogP contribution < -0.4 is 5.32 Å². The zero-order chi connectivity index (χ0) is 14.5. The molecule has 0 bridgehead atoms. The Labute approximate surface area is 138 Å². The molecule has 0 saturated heterocycles. The third-order valence-electron chi connectivity index (χ3n) is 2.57. The van der Waals surface area contributed by atoms with E-state index in [9.17, 15) is 4.79 Å². The Kier molecular flexibility index (Phi) is 5.63. The summed E-state index contributed by atoms with van der Waals surface area (Å²) in [5, 5.41) is 3.23. The lowest BCUT2D eigenvalue weighted by molar-refractivity contribution is -0.144. The number of nitrogens with one attached hydrogen (secondary N) is 1. The Morgan fingerprint density at radius 2 is 2.05 bits per heavy atom. The molecule has 0 aliphatic carbocycles. The second-order valence-corrected chi connectivity index (χ2v) is 7.30. The van der Waals surface area contributed by atoms with Crippen LogP contribution in [-0.4, -0.2) is 12.6 Å². The molecule has 0 saturated carbocycles. The Morgan fingerprint density at radius 3 is 2.65 bits per heavy atom. The molecule has 1 heterocycles. The minimum Gasteiger partial charge on any atom is -0.464 e. The molecule has 1 N–H and O–H groups in total. The van der Waals surface area contributed by atoms with Crippen LogP contribution in [0.5, 0.6) is 0 Å². The maximum atomic E-state index is 12.2. The zero-order valence-corrected chi connectivity index (χ0v) is 14.7. The van der Waals surface area contributed by atoms with Crippen molar-refractivity contribution in [2.45, 2.75) is 13.0 Å². The Hall–Kier alpha value is -0.850. The molecule has 1 aromatic heterocycles. The molecule has 3 nitrogen and oxygen atoms in total. The summed E-state index contributed by atoms with van der Waals surface area (Å²) < 4.78 is 7.04. The van der Waals surface area contributed by atoms with Crippen LogP contribution in [0.2, 0.25) is 0 Å². The van der Waals surface area contributed by atoms with Gasteiger partial charge in [-0.3, -0.25) is 0 Å². The van der Waals surface area contributed by atoms with Crippen molar-refractivity contribution in [3.63, 3.8) is 0 Å². The first-order valence-electron chi connectivity index (χ1n) is 6.04. The zero-order valence-electron chi connectivity index (χ0n) is 10.7. The third-order valence-corrected chi connectivity index (χ3v) is 4.95. The lowest BCUT2D eigenvalue weighted by atomic mass is 10.2. The fourth-order valence-corrected chi connectivity index (χ4v) is 3.55. The molecule has 0 spiro atoms. The van der Waals surface area contributed by atoms with Gasteiger partial charge in [0, 0.05) is 15.0 Å². The number of carbonyl (C=O) groups is 1. The first-order valence-corrected chi connectivity index (χ1v) is 8.45. The van der Waals surface area contributed by atoms with Gasteiger partial charge in [-0.15, -0.1) is 11.3 Å². The Morgan fingerprint density at radius 1 is 1.30 bits per heavy atom. The molecule has 0 fully saturated rings. The van der Waals surface area contributed by atoms with E-state index in [1.807, 2.05) is 36.4 Å². The van der Waals surface area contributed by atoms with Crippen molar-refractivity contribution < 1.29 is 9.53 Å². The summed E-state index contributed by atoms with van der Waals surface area (Å²) in [6, 6.07) is 11.0. The van der Waals surface area contributed by atoms with Crippen molar-refractivity contribution in [1.82, 2.24) is 0 Å². The standard InChI is InChI=1S/C14H13Br2NO2S/c1-2-19-14(18)13(11-7-8-12(16)20-11)17-10-6-4-3-5-9(10)15/h3-8,13,17H,2H2,1H3. The van der Waals surface area contributed by atoms with Gasteiger partial charge >= 0.3 is 5.97 Å². The second kappa shape index (κ2) is 7.24. The van der Waals surface area contributed by atoms with Gasteiger partial charge in [0.15, 0.2) is 6.04 Å². The van der Waals surface area contributed by atoms with E-state index in [0.717, 1.165) is 18.8 Å². The van der Waals surface area contributed by atoms with Gasteiger partial charge in [0.1, 0.15) is 0 Å². The van der Waals surface area contributed by atoms with Gasteiger partial charge < -0.3 is 10.1 Å². The maximum Gasteiger partial charge on any atom is 0.334 e. The molecular weight excluding hydrogens is 406 g/mol. The van der Waals surface area contributed by atoms with Crippen molar-refractivity contribution in [2.75, 3.05) is 11.9 Å². The smallest absolute Gasteiger partial charge is 0.334 e. The second-order valence-electron chi connectivity index (χ2n) is 3.95. The number of benzene rings is 1. The monoisotopic (exact) mass is 417 g/mol. The lowest BCUT2D eigenvalue weighted by Crippen LogP contribution is -2.22. The number of rotatable bonds is 5. The summed E-state index contributed by atoms with van der Waals surface area (Å²) in [5.74, 6) is -0.280. The van der Waals surface area contributed by atoms with Crippen molar-refractivity contribution in [1.29, 1.82) is 0 Å². The highest BCUT2D eigenvalue weighted by Gasteiger charge is 2.24. The summed E-state index contributed by atoms with van der Waals surface area (Å²) in [4.78, 5) is 13.1. The predicted octanol–water partition coefficient (Wildman–Crippen LogP) is 4.99. The molecule has 20 heavy (non-hydrogen) atoms. The molecule has 106 valence electrons. The molecule has 2 aromatic rings. The van der Waals surface area contributed by atoms with Crippen LogP contribution in [0.1, 0.15) is 17.8 Å². The van der Waals surface area contributed by atoms with E-state index in [4.69, 9.17) is 4.74 Å². The minimum absolute atomic E-state index is 0.280.